The minimum Gasteiger partial charge on any atom is -0.494 e. The van der Waals surface area contributed by atoms with Crippen molar-refractivity contribution in [2.24, 2.45) is 0 Å². The Labute approximate surface area is 144 Å². The fourth-order valence-electron chi connectivity index (χ4n) is 1.74. The number of hydrogen-bond donors (Lipinski definition) is 2. The predicted molar refractivity (Wildman–Crippen MR) is 91.5 cm³/mol. The van der Waals surface area contributed by atoms with E-state index < -0.39 is 10.0 Å². The summed E-state index contributed by atoms with van der Waals surface area (Å²) in [7, 11) is -3.76. The Kier molecular flexibility index (Phi) is 5.92. The molecule has 0 saturated carbocycles. The highest BCUT2D eigenvalue weighted by Crippen LogP contribution is 2.18. The summed E-state index contributed by atoms with van der Waals surface area (Å²) in [6.07, 6.45) is 1.27. The number of ether oxygens (including phenoxy) is 1. The summed E-state index contributed by atoms with van der Waals surface area (Å²) in [5.74, 6) is 0.593. The van der Waals surface area contributed by atoms with Crippen molar-refractivity contribution in [1.82, 2.24) is 15.2 Å². The van der Waals surface area contributed by atoms with E-state index in [0.29, 0.717) is 17.4 Å². The van der Waals surface area contributed by atoms with Gasteiger partial charge < -0.3 is 10.2 Å². The monoisotopic (exact) mass is 364 g/mol. The molecule has 1 aromatic heterocycles. The first-order valence-electron chi connectivity index (χ1n) is 6.99. The summed E-state index contributed by atoms with van der Waals surface area (Å²) < 4.78 is 29.6. The van der Waals surface area contributed by atoms with Gasteiger partial charge in [0.05, 0.1) is 11.5 Å². The quantitative estimate of drug-likeness (QED) is 0.576. The Bertz CT molecular complexity index is 865. The maximum Gasteiger partial charge on any atom is 0.257 e. The molecule has 0 saturated heterocycles. The molecule has 0 atom stereocenters. The van der Waals surface area contributed by atoms with Crippen LogP contribution in [0.3, 0.4) is 0 Å². The van der Waals surface area contributed by atoms with Crippen LogP contribution in [0.4, 0.5) is 0 Å². The maximum atomic E-state index is 12.2. The molecule has 2 rings (SSSR count). The Morgan fingerprint density at radius 2 is 2.12 bits per heavy atom. The lowest BCUT2D eigenvalue weighted by molar-refractivity contribution is 0.340. The van der Waals surface area contributed by atoms with Crippen molar-refractivity contribution in [2.75, 3.05) is 6.61 Å². The minimum absolute atomic E-state index is 0.0791. The third kappa shape index (κ3) is 4.55. The van der Waals surface area contributed by atoms with Gasteiger partial charge in [0.1, 0.15) is 22.4 Å². The van der Waals surface area contributed by atoms with Crippen molar-refractivity contribution >= 4 is 26.9 Å². The molecule has 0 radical (unpaired) electrons. The predicted octanol–water partition coefficient (Wildman–Crippen LogP) is 2.20. The molecule has 2 N–H and O–H groups in total. The van der Waals surface area contributed by atoms with Crippen molar-refractivity contribution in [3.63, 3.8) is 0 Å². The van der Waals surface area contributed by atoms with E-state index >= 15 is 0 Å². The first-order valence-corrected chi connectivity index (χ1v) is 9.35. The van der Waals surface area contributed by atoms with E-state index in [0.717, 1.165) is 5.69 Å². The number of nitriles is 1. The average Bonchev–Trinajstić information content (AvgIpc) is 2.99. The molecule has 0 spiro atoms. The van der Waals surface area contributed by atoms with Gasteiger partial charge in [-0.05, 0) is 38.1 Å². The van der Waals surface area contributed by atoms with Crippen LogP contribution in [0.2, 0.25) is 0 Å². The second-order valence-corrected chi connectivity index (χ2v) is 7.16. The fraction of sp³-hybridized carbons (Fsp3) is 0.200. The standard InChI is InChI=1S/C15H16N4O3S2/c1-3-22-13-4-6-14(7-5-13)24(20,21)19-17-9-12(8-16)15-18-11(2)10-23-15/h4-7,9-10,17,19H,3H2,1-2H3/b12-9+. The molecule has 1 aromatic carbocycles. The zero-order chi connectivity index (χ0) is 17.6. The summed E-state index contributed by atoms with van der Waals surface area (Å²) in [6.45, 7) is 4.17. The molecule has 126 valence electrons. The van der Waals surface area contributed by atoms with Gasteiger partial charge in [-0.25, -0.2) is 13.4 Å². The van der Waals surface area contributed by atoms with E-state index in [9.17, 15) is 8.42 Å². The third-order valence-corrected chi connectivity index (χ3v) is 5.10. The molecule has 0 fully saturated rings. The summed E-state index contributed by atoms with van der Waals surface area (Å²) >= 11 is 1.31. The van der Waals surface area contributed by atoms with Gasteiger partial charge in [0.25, 0.3) is 10.0 Å². The van der Waals surface area contributed by atoms with Crippen molar-refractivity contribution in [2.45, 2.75) is 18.7 Å². The SMILES string of the molecule is CCOc1ccc(S(=O)(=O)NN/C=C(\C#N)c2nc(C)cs2)cc1. The fourth-order valence-corrected chi connectivity index (χ4v) is 3.33. The van der Waals surface area contributed by atoms with E-state index in [1.54, 1.807) is 12.1 Å². The van der Waals surface area contributed by atoms with Crippen molar-refractivity contribution in [3.8, 4) is 11.8 Å². The number of aromatic nitrogens is 1. The molecule has 2 aromatic rings. The second kappa shape index (κ2) is 7.92. The molecular weight excluding hydrogens is 348 g/mol. The number of aryl methyl sites for hydroxylation is 1. The van der Waals surface area contributed by atoms with Gasteiger partial charge in [-0.2, -0.15) is 5.26 Å². The van der Waals surface area contributed by atoms with E-state index in [1.807, 2.05) is 25.3 Å². The van der Waals surface area contributed by atoms with Gasteiger partial charge in [0.2, 0.25) is 0 Å². The number of benzene rings is 1. The number of nitrogens with one attached hydrogen (secondary N) is 2. The van der Waals surface area contributed by atoms with E-state index in [-0.39, 0.29) is 10.5 Å². The number of sulfonamides is 1. The van der Waals surface area contributed by atoms with Crippen LogP contribution in [0, 0.1) is 18.3 Å². The molecule has 1 heterocycles. The van der Waals surface area contributed by atoms with Crippen LogP contribution in [-0.2, 0) is 10.0 Å². The topological polar surface area (TPSA) is 104 Å². The number of thiazole rings is 1. The highest BCUT2D eigenvalue weighted by Gasteiger charge is 2.13. The van der Waals surface area contributed by atoms with Gasteiger partial charge in [-0.15, -0.1) is 16.2 Å². The highest BCUT2D eigenvalue weighted by molar-refractivity contribution is 7.89. The average molecular weight is 364 g/mol. The van der Waals surface area contributed by atoms with Gasteiger partial charge in [-0.1, -0.05) is 0 Å². The molecule has 9 heteroatoms. The van der Waals surface area contributed by atoms with E-state index in [4.69, 9.17) is 10.00 Å². The normalized spacial score (nSPS) is 11.8. The zero-order valence-electron chi connectivity index (χ0n) is 13.1. The summed E-state index contributed by atoms with van der Waals surface area (Å²) in [5.41, 5.74) is 3.47. The molecule has 7 nitrogen and oxygen atoms in total. The highest BCUT2D eigenvalue weighted by atomic mass is 32.2. The molecule has 0 amide bonds. The van der Waals surface area contributed by atoms with Crippen LogP contribution in [0.1, 0.15) is 17.6 Å². The van der Waals surface area contributed by atoms with Gasteiger partial charge in [0, 0.05) is 17.3 Å². The molecule has 24 heavy (non-hydrogen) atoms. The first kappa shape index (κ1) is 17.9. The summed E-state index contributed by atoms with van der Waals surface area (Å²) in [4.78, 5) is 6.46. The summed E-state index contributed by atoms with van der Waals surface area (Å²) in [6, 6.07) is 8.00. The largest absolute Gasteiger partial charge is 0.494 e. The van der Waals surface area contributed by atoms with Gasteiger partial charge in [-0.3, -0.25) is 0 Å². The Morgan fingerprint density at radius 3 is 2.67 bits per heavy atom. The lowest BCUT2D eigenvalue weighted by Gasteiger charge is -2.08. The van der Waals surface area contributed by atoms with Crippen LogP contribution < -0.4 is 15.0 Å². The Hall–Kier alpha value is -2.41. The van der Waals surface area contributed by atoms with Crippen LogP contribution in [0.15, 0.2) is 40.7 Å². The van der Waals surface area contributed by atoms with Gasteiger partial charge in [0.15, 0.2) is 0 Å². The zero-order valence-corrected chi connectivity index (χ0v) is 14.7. The van der Waals surface area contributed by atoms with Crippen LogP contribution >= 0.6 is 11.3 Å². The van der Waals surface area contributed by atoms with Gasteiger partial charge >= 0.3 is 0 Å². The lowest BCUT2D eigenvalue weighted by atomic mass is 10.3. The molecule has 0 aliphatic rings. The second-order valence-electron chi connectivity index (χ2n) is 4.62. The number of allylic oxidation sites excluding steroid dienone is 1. The van der Waals surface area contributed by atoms with Crippen molar-refractivity contribution in [3.05, 3.63) is 46.5 Å². The number of rotatable bonds is 7. The number of hydrogen-bond acceptors (Lipinski definition) is 7. The van der Waals surface area contributed by atoms with E-state index in [2.05, 4.69) is 15.2 Å². The van der Waals surface area contributed by atoms with E-state index in [1.165, 1.54) is 29.7 Å². The van der Waals surface area contributed by atoms with Crippen LogP contribution in [0.5, 0.6) is 5.75 Å². The molecule has 0 aliphatic heterocycles. The minimum atomic E-state index is -3.76. The molecule has 0 aliphatic carbocycles. The Morgan fingerprint density at radius 1 is 1.42 bits per heavy atom. The summed E-state index contributed by atoms with van der Waals surface area (Å²) in [5, 5.41) is 11.5. The van der Waals surface area contributed by atoms with Crippen LogP contribution in [0.25, 0.3) is 5.57 Å². The van der Waals surface area contributed by atoms with Crippen LogP contribution in [-0.4, -0.2) is 20.0 Å². The third-order valence-electron chi connectivity index (χ3n) is 2.82. The number of hydrazine groups is 1. The first-order chi connectivity index (χ1) is 11.5. The maximum absolute atomic E-state index is 12.2. The van der Waals surface area contributed by atoms with Crippen molar-refractivity contribution < 1.29 is 13.2 Å². The molecular formula is C15H16N4O3S2. The number of nitrogens with zero attached hydrogens (tertiary/aromatic N) is 2. The Balaban J connectivity index is 2.06. The molecule has 0 unspecified atom stereocenters. The smallest absolute Gasteiger partial charge is 0.257 e. The molecule has 0 bridgehead atoms. The van der Waals surface area contributed by atoms with Crippen molar-refractivity contribution in [1.29, 1.82) is 5.26 Å². The lowest BCUT2D eigenvalue weighted by Crippen LogP contribution is -2.33.